The minimum Gasteiger partial charge on any atom is -0.444 e. The Hall–Kier alpha value is -2.37. The van der Waals surface area contributed by atoms with Crippen molar-refractivity contribution in [3.05, 3.63) is 35.4 Å². The molecule has 0 N–H and O–H groups in total. The third-order valence-electron chi connectivity index (χ3n) is 3.51. The van der Waals surface area contributed by atoms with Gasteiger partial charge in [0, 0.05) is 19.6 Å². The van der Waals surface area contributed by atoms with Gasteiger partial charge >= 0.3 is 6.09 Å². The van der Waals surface area contributed by atoms with Crippen LogP contribution in [0.3, 0.4) is 0 Å². The molecular weight excluding hydrogens is 296 g/mol. The van der Waals surface area contributed by atoms with Crippen LogP contribution < -0.4 is 0 Å². The van der Waals surface area contributed by atoms with Crippen molar-refractivity contribution in [2.24, 2.45) is 0 Å². The quantitative estimate of drug-likeness (QED) is 0.800. The number of carbonyl (C=O) groups is 3. The number of hydrogen-bond acceptors (Lipinski definition) is 4. The minimum atomic E-state index is -0.583. The largest absolute Gasteiger partial charge is 0.444 e. The van der Waals surface area contributed by atoms with Crippen molar-refractivity contribution in [1.82, 2.24) is 9.80 Å². The Kier molecular flexibility index (Phi) is 4.73. The number of nitrogens with zero attached hydrogens (tertiary/aromatic N) is 2. The summed E-state index contributed by atoms with van der Waals surface area (Å²) in [6, 6.07) is 6.74. The second-order valence-corrected chi connectivity index (χ2v) is 6.37. The van der Waals surface area contributed by atoms with Crippen LogP contribution in [0.1, 0.15) is 48.4 Å². The maximum Gasteiger partial charge on any atom is 0.410 e. The van der Waals surface area contributed by atoms with E-state index in [-0.39, 0.29) is 24.9 Å². The SMILES string of the molecule is CCN(CCN1C(=O)c2ccccc2C1=O)C(=O)OC(C)(C)C. The number of fused-ring (bicyclic) bond motifs is 1. The van der Waals surface area contributed by atoms with Crippen LogP contribution in [0.5, 0.6) is 0 Å². The Morgan fingerprint density at radius 3 is 2.09 bits per heavy atom. The molecule has 23 heavy (non-hydrogen) atoms. The highest BCUT2D eigenvalue weighted by molar-refractivity contribution is 6.21. The average molecular weight is 318 g/mol. The van der Waals surface area contributed by atoms with Gasteiger partial charge in [0.25, 0.3) is 11.8 Å². The van der Waals surface area contributed by atoms with Crippen molar-refractivity contribution in [1.29, 1.82) is 0 Å². The van der Waals surface area contributed by atoms with Crippen LogP contribution in [0.4, 0.5) is 4.79 Å². The van der Waals surface area contributed by atoms with Gasteiger partial charge in [0.05, 0.1) is 11.1 Å². The molecule has 0 aliphatic carbocycles. The molecule has 0 aromatic heterocycles. The van der Waals surface area contributed by atoms with E-state index in [1.165, 1.54) is 9.80 Å². The monoisotopic (exact) mass is 318 g/mol. The van der Waals surface area contributed by atoms with Crippen LogP contribution in [0.2, 0.25) is 0 Å². The second kappa shape index (κ2) is 6.40. The van der Waals surface area contributed by atoms with Crippen molar-refractivity contribution in [3.63, 3.8) is 0 Å². The lowest BCUT2D eigenvalue weighted by molar-refractivity contribution is 0.0237. The molecular formula is C17H22N2O4. The molecule has 0 bridgehead atoms. The highest BCUT2D eigenvalue weighted by atomic mass is 16.6. The molecule has 0 fully saturated rings. The maximum atomic E-state index is 12.3. The molecule has 6 nitrogen and oxygen atoms in total. The molecule has 2 rings (SSSR count). The molecule has 3 amide bonds. The average Bonchev–Trinajstić information content (AvgIpc) is 2.71. The summed E-state index contributed by atoms with van der Waals surface area (Å²) in [5.41, 5.74) is 0.246. The molecule has 6 heteroatoms. The predicted octanol–water partition coefficient (Wildman–Crippen LogP) is 2.54. The van der Waals surface area contributed by atoms with Gasteiger partial charge in [0.2, 0.25) is 0 Å². The minimum absolute atomic E-state index is 0.152. The number of ether oxygens (including phenoxy) is 1. The first kappa shape index (κ1) is 17.0. The van der Waals surface area contributed by atoms with Crippen molar-refractivity contribution in [2.75, 3.05) is 19.6 Å². The van der Waals surface area contributed by atoms with Crippen molar-refractivity contribution in [2.45, 2.75) is 33.3 Å². The second-order valence-electron chi connectivity index (χ2n) is 6.37. The summed E-state index contributed by atoms with van der Waals surface area (Å²) in [5.74, 6) is -0.628. The molecule has 0 atom stereocenters. The van der Waals surface area contributed by atoms with Gasteiger partial charge in [-0.15, -0.1) is 0 Å². The summed E-state index contributed by atoms with van der Waals surface area (Å²) in [6.07, 6.45) is -0.448. The molecule has 0 saturated heterocycles. The molecule has 1 heterocycles. The van der Waals surface area contributed by atoms with E-state index < -0.39 is 11.7 Å². The number of hydrogen-bond donors (Lipinski definition) is 0. The topological polar surface area (TPSA) is 66.9 Å². The fraction of sp³-hybridized carbons (Fsp3) is 0.471. The first-order chi connectivity index (χ1) is 10.7. The molecule has 0 saturated carbocycles. The Morgan fingerprint density at radius 1 is 1.13 bits per heavy atom. The van der Waals surface area contributed by atoms with Crippen LogP contribution >= 0.6 is 0 Å². The van der Waals surface area contributed by atoms with E-state index in [2.05, 4.69) is 0 Å². The van der Waals surface area contributed by atoms with Crippen LogP contribution in [-0.2, 0) is 4.74 Å². The third kappa shape index (κ3) is 3.70. The lowest BCUT2D eigenvalue weighted by atomic mass is 10.1. The van der Waals surface area contributed by atoms with Crippen LogP contribution in [0.15, 0.2) is 24.3 Å². The number of carbonyl (C=O) groups excluding carboxylic acids is 3. The van der Waals surface area contributed by atoms with Gasteiger partial charge in [-0.3, -0.25) is 14.5 Å². The summed E-state index contributed by atoms with van der Waals surface area (Å²) < 4.78 is 5.32. The summed E-state index contributed by atoms with van der Waals surface area (Å²) in [6.45, 7) is 8.05. The van der Waals surface area contributed by atoms with E-state index >= 15 is 0 Å². The number of amides is 3. The van der Waals surface area contributed by atoms with E-state index in [0.717, 1.165) is 0 Å². The molecule has 124 valence electrons. The van der Waals surface area contributed by atoms with E-state index in [4.69, 9.17) is 4.74 Å². The Labute approximate surface area is 136 Å². The zero-order chi connectivity index (χ0) is 17.2. The van der Waals surface area contributed by atoms with Gasteiger partial charge in [-0.1, -0.05) is 12.1 Å². The van der Waals surface area contributed by atoms with E-state index in [9.17, 15) is 14.4 Å². The predicted molar refractivity (Wildman–Crippen MR) is 85.3 cm³/mol. The van der Waals surface area contributed by atoms with E-state index in [0.29, 0.717) is 17.7 Å². The Bertz CT molecular complexity index is 599. The number of rotatable bonds is 4. The van der Waals surface area contributed by atoms with Crippen LogP contribution in [0, 0.1) is 0 Å². The van der Waals surface area contributed by atoms with Gasteiger partial charge in [-0.25, -0.2) is 4.79 Å². The Morgan fingerprint density at radius 2 is 1.65 bits per heavy atom. The van der Waals surface area contributed by atoms with Crippen LogP contribution in [-0.4, -0.2) is 52.9 Å². The van der Waals surface area contributed by atoms with Gasteiger partial charge in [-0.05, 0) is 39.8 Å². The molecule has 0 radical (unpaired) electrons. The first-order valence-corrected chi connectivity index (χ1v) is 7.67. The summed E-state index contributed by atoms with van der Waals surface area (Å²) >= 11 is 0. The standard InChI is InChI=1S/C17H22N2O4/c1-5-18(16(22)23-17(2,3)4)10-11-19-14(20)12-8-6-7-9-13(12)15(19)21/h6-9H,5,10-11H2,1-4H3. The molecule has 1 aromatic carbocycles. The lowest BCUT2D eigenvalue weighted by Gasteiger charge is -2.27. The van der Waals surface area contributed by atoms with E-state index in [1.54, 1.807) is 45.0 Å². The van der Waals surface area contributed by atoms with Crippen molar-refractivity contribution < 1.29 is 19.1 Å². The highest BCUT2D eigenvalue weighted by Gasteiger charge is 2.35. The number of imide groups is 1. The summed E-state index contributed by atoms with van der Waals surface area (Å²) in [4.78, 5) is 39.3. The fourth-order valence-electron chi connectivity index (χ4n) is 2.37. The van der Waals surface area contributed by atoms with Crippen LogP contribution in [0.25, 0.3) is 0 Å². The van der Waals surface area contributed by atoms with Gasteiger partial charge < -0.3 is 9.64 Å². The molecule has 0 unspecified atom stereocenters. The van der Waals surface area contributed by atoms with Crippen molar-refractivity contribution >= 4 is 17.9 Å². The zero-order valence-electron chi connectivity index (χ0n) is 14.0. The molecule has 1 aliphatic heterocycles. The van der Waals surface area contributed by atoms with Gasteiger partial charge in [-0.2, -0.15) is 0 Å². The number of benzene rings is 1. The van der Waals surface area contributed by atoms with Gasteiger partial charge in [0.1, 0.15) is 5.60 Å². The fourth-order valence-corrected chi connectivity index (χ4v) is 2.37. The highest BCUT2D eigenvalue weighted by Crippen LogP contribution is 2.22. The normalized spacial score (nSPS) is 14.0. The molecule has 0 spiro atoms. The van der Waals surface area contributed by atoms with E-state index in [1.807, 2.05) is 6.92 Å². The lowest BCUT2D eigenvalue weighted by Crippen LogP contribution is -2.42. The zero-order valence-corrected chi connectivity index (χ0v) is 14.0. The first-order valence-electron chi connectivity index (χ1n) is 7.67. The maximum absolute atomic E-state index is 12.3. The molecule has 1 aromatic rings. The van der Waals surface area contributed by atoms with Crippen molar-refractivity contribution in [3.8, 4) is 0 Å². The summed E-state index contributed by atoms with van der Waals surface area (Å²) in [5, 5.41) is 0. The number of likely N-dealkylation sites (N-methyl/N-ethyl adjacent to an activating group) is 1. The van der Waals surface area contributed by atoms with Gasteiger partial charge in [0.15, 0.2) is 0 Å². The Balaban J connectivity index is 2.02. The third-order valence-corrected chi connectivity index (χ3v) is 3.51. The summed E-state index contributed by atoms with van der Waals surface area (Å²) in [7, 11) is 0. The smallest absolute Gasteiger partial charge is 0.410 e. The molecule has 1 aliphatic rings.